The summed E-state index contributed by atoms with van der Waals surface area (Å²) in [5.41, 5.74) is 11.3. The standard InChI is InChI=1S/C48H35NSSi/c1-51(2)45-29-28-44-46(40-18-8-9-21-43(40)50-44)47(45)41-19-11-20-42(48(41)51)49(39-17-10-16-36(31-39)32-12-4-3-5-13-32)38-26-24-34(25-27-38)37-23-22-33-14-6-7-15-35(33)30-37/h3-31H,1-2H3. The molecule has 0 saturated heterocycles. The van der Waals surface area contributed by atoms with Crippen LogP contribution >= 0.6 is 11.3 Å². The first kappa shape index (κ1) is 30.1. The maximum Gasteiger partial charge on any atom is 0.116 e. The van der Waals surface area contributed by atoms with Crippen molar-refractivity contribution in [3.63, 3.8) is 0 Å². The third-order valence-corrected chi connectivity index (χ3v) is 15.5. The van der Waals surface area contributed by atoms with Crippen molar-refractivity contribution in [2.24, 2.45) is 0 Å². The molecule has 0 N–H and O–H groups in total. The predicted molar refractivity (Wildman–Crippen MR) is 225 cm³/mol. The second-order valence-corrected chi connectivity index (χ2v) is 19.5. The van der Waals surface area contributed by atoms with Crippen molar-refractivity contribution in [1.29, 1.82) is 0 Å². The van der Waals surface area contributed by atoms with E-state index in [1.54, 1.807) is 0 Å². The highest BCUT2D eigenvalue weighted by atomic mass is 32.1. The molecule has 9 aromatic rings. The van der Waals surface area contributed by atoms with Crippen LogP contribution in [0.4, 0.5) is 17.1 Å². The molecule has 10 rings (SSSR count). The number of hydrogen-bond donors (Lipinski definition) is 0. The van der Waals surface area contributed by atoms with Gasteiger partial charge in [-0.3, -0.25) is 0 Å². The van der Waals surface area contributed by atoms with E-state index in [0.717, 1.165) is 11.4 Å². The fraction of sp³-hybridized carbons (Fsp3) is 0.0417. The minimum absolute atomic E-state index is 1.16. The Balaban J connectivity index is 1.18. The summed E-state index contributed by atoms with van der Waals surface area (Å²) < 4.78 is 2.73. The van der Waals surface area contributed by atoms with Crippen LogP contribution in [0.1, 0.15) is 0 Å². The molecule has 0 spiro atoms. The zero-order valence-electron chi connectivity index (χ0n) is 28.6. The van der Waals surface area contributed by atoms with Crippen LogP contribution < -0.4 is 15.3 Å². The number of fused-ring (bicyclic) bond motifs is 8. The third-order valence-electron chi connectivity index (χ3n) is 10.8. The van der Waals surface area contributed by atoms with Crippen molar-refractivity contribution in [2.45, 2.75) is 13.1 Å². The van der Waals surface area contributed by atoms with Gasteiger partial charge in [-0.25, -0.2) is 0 Å². The molecule has 1 nitrogen and oxygen atoms in total. The van der Waals surface area contributed by atoms with E-state index in [1.165, 1.54) is 80.4 Å². The average Bonchev–Trinajstić information content (AvgIpc) is 3.68. The van der Waals surface area contributed by atoms with E-state index in [9.17, 15) is 0 Å². The van der Waals surface area contributed by atoms with Crippen molar-refractivity contribution < 1.29 is 0 Å². The van der Waals surface area contributed by atoms with E-state index in [0.29, 0.717) is 0 Å². The quantitative estimate of drug-likeness (QED) is 0.163. The number of thiophene rings is 1. The number of nitrogens with zero attached hydrogens (tertiary/aromatic N) is 1. The highest BCUT2D eigenvalue weighted by molar-refractivity contribution is 7.26. The van der Waals surface area contributed by atoms with Crippen molar-refractivity contribution in [1.82, 2.24) is 0 Å². The van der Waals surface area contributed by atoms with Crippen LogP contribution in [0.5, 0.6) is 0 Å². The molecule has 1 aromatic heterocycles. The SMILES string of the molecule is C[Si]1(C)c2ccc3sc4ccccc4c3c2-c2cccc(N(c3ccc(-c4ccc5ccccc5c4)cc3)c3cccc(-c4ccccc4)c3)c21. The fourth-order valence-corrected chi connectivity index (χ4v) is 12.9. The van der Waals surface area contributed by atoms with Crippen LogP contribution in [0.15, 0.2) is 176 Å². The molecule has 0 atom stereocenters. The molecule has 1 aliphatic heterocycles. The molecule has 2 heterocycles. The van der Waals surface area contributed by atoms with Crippen molar-refractivity contribution in [2.75, 3.05) is 4.90 Å². The molecule has 3 heteroatoms. The lowest BCUT2D eigenvalue weighted by atomic mass is 9.98. The van der Waals surface area contributed by atoms with E-state index < -0.39 is 8.07 Å². The minimum Gasteiger partial charge on any atom is -0.311 e. The van der Waals surface area contributed by atoms with Gasteiger partial charge in [0.25, 0.3) is 0 Å². The van der Waals surface area contributed by atoms with E-state index in [-0.39, 0.29) is 0 Å². The summed E-state index contributed by atoms with van der Waals surface area (Å²) in [6, 6.07) is 65.1. The molecular formula is C48H35NSSi. The van der Waals surface area contributed by atoms with E-state index in [4.69, 9.17) is 0 Å². The van der Waals surface area contributed by atoms with Crippen molar-refractivity contribution in [3.05, 3.63) is 176 Å². The lowest BCUT2D eigenvalue weighted by Crippen LogP contribution is -2.50. The lowest BCUT2D eigenvalue weighted by molar-refractivity contribution is 1.29. The van der Waals surface area contributed by atoms with E-state index in [1.807, 2.05) is 11.3 Å². The van der Waals surface area contributed by atoms with Gasteiger partial charge >= 0.3 is 0 Å². The molecule has 0 saturated carbocycles. The van der Waals surface area contributed by atoms with Gasteiger partial charge in [0.2, 0.25) is 0 Å². The summed E-state index contributed by atoms with van der Waals surface area (Å²) in [6.45, 7) is 5.09. The molecule has 51 heavy (non-hydrogen) atoms. The predicted octanol–water partition coefficient (Wildman–Crippen LogP) is 12.8. The topological polar surface area (TPSA) is 3.24 Å². The summed E-state index contributed by atoms with van der Waals surface area (Å²) in [4.78, 5) is 2.51. The summed E-state index contributed by atoms with van der Waals surface area (Å²) >= 11 is 1.91. The van der Waals surface area contributed by atoms with Gasteiger partial charge < -0.3 is 4.90 Å². The first-order valence-electron chi connectivity index (χ1n) is 17.7. The Morgan fingerprint density at radius 3 is 2.02 bits per heavy atom. The molecule has 0 fully saturated rings. The second kappa shape index (κ2) is 11.7. The highest BCUT2D eigenvalue weighted by Crippen LogP contribution is 2.45. The molecule has 242 valence electrons. The van der Waals surface area contributed by atoms with Gasteiger partial charge in [0.05, 0.1) is 0 Å². The first-order valence-corrected chi connectivity index (χ1v) is 21.5. The largest absolute Gasteiger partial charge is 0.311 e. The van der Waals surface area contributed by atoms with E-state index in [2.05, 4.69) is 194 Å². The van der Waals surface area contributed by atoms with Gasteiger partial charge in [0, 0.05) is 37.2 Å². The molecule has 0 bridgehead atoms. The van der Waals surface area contributed by atoms with Gasteiger partial charge in [-0.2, -0.15) is 0 Å². The van der Waals surface area contributed by atoms with E-state index >= 15 is 0 Å². The average molecular weight is 686 g/mol. The Hall–Kier alpha value is -5.74. The monoisotopic (exact) mass is 685 g/mol. The molecule has 8 aromatic carbocycles. The minimum atomic E-state index is -2.14. The second-order valence-electron chi connectivity index (χ2n) is 14.1. The zero-order valence-corrected chi connectivity index (χ0v) is 30.4. The Kier molecular flexibility index (Phi) is 6.89. The van der Waals surface area contributed by atoms with Crippen LogP contribution in [0, 0.1) is 0 Å². The summed E-state index contributed by atoms with van der Waals surface area (Å²) in [7, 11) is -2.14. The number of benzene rings is 8. The van der Waals surface area contributed by atoms with Gasteiger partial charge in [0.15, 0.2) is 0 Å². The molecule has 1 aliphatic rings. The Bertz CT molecular complexity index is 2780. The van der Waals surface area contributed by atoms with Gasteiger partial charge in [0.1, 0.15) is 8.07 Å². The highest BCUT2D eigenvalue weighted by Gasteiger charge is 2.42. The summed E-state index contributed by atoms with van der Waals surface area (Å²) in [6.07, 6.45) is 0. The van der Waals surface area contributed by atoms with Crippen LogP contribution in [-0.2, 0) is 0 Å². The number of anilines is 3. The van der Waals surface area contributed by atoms with Gasteiger partial charge in [-0.15, -0.1) is 11.3 Å². The molecule has 0 aliphatic carbocycles. The Morgan fingerprint density at radius 1 is 0.471 bits per heavy atom. The maximum absolute atomic E-state index is 2.54. The van der Waals surface area contributed by atoms with Crippen LogP contribution in [-0.4, -0.2) is 8.07 Å². The summed E-state index contributed by atoms with van der Waals surface area (Å²) in [5.74, 6) is 0. The van der Waals surface area contributed by atoms with Gasteiger partial charge in [-0.05, 0) is 103 Å². The number of hydrogen-bond acceptors (Lipinski definition) is 2. The molecule has 0 unspecified atom stereocenters. The normalized spacial score (nSPS) is 13.1. The Morgan fingerprint density at radius 2 is 1.16 bits per heavy atom. The molecular weight excluding hydrogens is 651 g/mol. The fourth-order valence-electron chi connectivity index (χ4n) is 8.40. The van der Waals surface area contributed by atoms with Gasteiger partial charge in [-0.1, -0.05) is 140 Å². The maximum atomic E-state index is 2.54. The van der Waals surface area contributed by atoms with Crippen LogP contribution in [0.25, 0.3) is 64.3 Å². The van der Waals surface area contributed by atoms with Crippen LogP contribution in [0.2, 0.25) is 13.1 Å². The number of rotatable bonds is 5. The van der Waals surface area contributed by atoms with Crippen molar-refractivity contribution in [3.8, 4) is 33.4 Å². The smallest absolute Gasteiger partial charge is 0.116 e. The van der Waals surface area contributed by atoms with Crippen LogP contribution in [0.3, 0.4) is 0 Å². The lowest BCUT2D eigenvalue weighted by Gasteiger charge is -2.31. The first-order chi connectivity index (χ1) is 25.0. The molecule has 0 amide bonds. The Labute approximate surface area is 303 Å². The molecule has 0 radical (unpaired) electrons. The van der Waals surface area contributed by atoms with Crippen molar-refractivity contribution >= 4 is 77.8 Å². The summed E-state index contributed by atoms with van der Waals surface area (Å²) in [5, 5.41) is 8.35. The zero-order chi connectivity index (χ0) is 34.1. The third kappa shape index (κ3) is 4.80.